The van der Waals surface area contributed by atoms with E-state index < -0.39 is 0 Å². The van der Waals surface area contributed by atoms with Gasteiger partial charge in [-0.05, 0) is 44.2 Å². The third-order valence-corrected chi connectivity index (χ3v) is 3.57. The van der Waals surface area contributed by atoms with Crippen LogP contribution in [0, 0.1) is 5.41 Å². The van der Waals surface area contributed by atoms with Crippen LogP contribution in [0.2, 0.25) is 0 Å². The molecule has 1 saturated heterocycles. The van der Waals surface area contributed by atoms with Crippen LogP contribution in [-0.4, -0.2) is 30.4 Å². The summed E-state index contributed by atoms with van der Waals surface area (Å²) in [6.07, 6.45) is 5.54. The molecule has 2 rings (SSSR count). The van der Waals surface area contributed by atoms with E-state index in [1.807, 2.05) is 0 Å². The first-order chi connectivity index (χ1) is 5.35. The first kappa shape index (κ1) is 7.88. The molecule has 0 aromatic carbocycles. The molecule has 0 radical (unpaired) electrons. The Bertz CT molecular complexity index is 136. The van der Waals surface area contributed by atoms with Gasteiger partial charge in [0, 0.05) is 12.4 Å². The molecule has 0 atom stereocenters. The van der Waals surface area contributed by atoms with Crippen LogP contribution in [0.5, 0.6) is 0 Å². The van der Waals surface area contributed by atoms with Crippen molar-refractivity contribution >= 4 is 11.6 Å². The van der Waals surface area contributed by atoms with Gasteiger partial charge < -0.3 is 4.90 Å². The number of likely N-dealkylation sites (tertiary alicyclic amines) is 1. The highest BCUT2D eigenvalue weighted by atomic mass is 35.5. The van der Waals surface area contributed by atoms with E-state index in [-0.39, 0.29) is 0 Å². The topological polar surface area (TPSA) is 3.24 Å². The summed E-state index contributed by atoms with van der Waals surface area (Å²) >= 11 is 5.91. The van der Waals surface area contributed by atoms with Crippen molar-refractivity contribution in [3.8, 4) is 0 Å². The van der Waals surface area contributed by atoms with E-state index in [9.17, 15) is 0 Å². The van der Waals surface area contributed by atoms with Crippen LogP contribution < -0.4 is 0 Å². The van der Waals surface area contributed by atoms with Gasteiger partial charge >= 0.3 is 0 Å². The molecule has 1 aliphatic carbocycles. The normalized spacial score (nSPS) is 29.2. The number of hydrogen-bond donors (Lipinski definition) is 0. The fourth-order valence-electron chi connectivity index (χ4n) is 1.93. The lowest BCUT2D eigenvalue weighted by molar-refractivity contribution is 0.278. The average Bonchev–Trinajstić information content (AvgIpc) is 2.59. The van der Waals surface area contributed by atoms with Crippen LogP contribution in [0.4, 0.5) is 0 Å². The second-order valence-corrected chi connectivity index (χ2v) is 4.38. The Morgan fingerprint density at radius 2 is 1.82 bits per heavy atom. The van der Waals surface area contributed by atoms with Gasteiger partial charge in [-0.25, -0.2) is 0 Å². The fourth-order valence-corrected chi connectivity index (χ4v) is 2.28. The highest BCUT2D eigenvalue weighted by Crippen LogP contribution is 2.47. The van der Waals surface area contributed by atoms with Gasteiger partial charge in [-0.3, -0.25) is 0 Å². The van der Waals surface area contributed by atoms with E-state index in [4.69, 9.17) is 11.6 Å². The molecule has 0 amide bonds. The predicted molar refractivity (Wildman–Crippen MR) is 48.1 cm³/mol. The van der Waals surface area contributed by atoms with Gasteiger partial charge in [0.15, 0.2) is 0 Å². The molecule has 0 aromatic rings. The van der Waals surface area contributed by atoms with Gasteiger partial charge in [0.2, 0.25) is 0 Å². The van der Waals surface area contributed by atoms with E-state index in [1.54, 1.807) is 0 Å². The van der Waals surface area contributed by atoms with E-state index in [2.05, 4.69) is 4.90 Å². The van der Waals surface area contributed by atoms with E-state index in [0.717, 1.165) is 5.88 Å². The van der Waals surface area contributed by atoms with Crippen LogP contribution >= 0.6 is 11.6 Å². The zero-order valence-electron chi connectivity index (χ0n) is 6.98. The number of alkyl halides is 1. The lowest BCUT2D eigenvalue weighted by Crippen LogP contribution is -2.28. The standard InChI is InChI=1S/C9H16ClN/c10-7-9(3-4-9)8-11-5-1-2-6-11/h1-8H2. The molecule has 64 valence electrons. The molecular formula is C9H16ClN. The Morgan fingerprint density at radius 3 is 2.27 bits per heavy atom. The molecule has 1 aliphatic heterocycles. The van der Waals surface area contributed by atoms with Gasteiger partial charge in [0.25, 0.3) is 0 Å². The van der Waals surface area contributed by atoms with E-state index in [0.29, 0.717) is 5.41 Å². The zero-order chi connectivity index (χ0) is 7.73. The maximum absolute atomic E-state index is 5.91. The molecular weight excluding hydrogens is 158 g/mol. The molecule has 1 heterocycles. The largest absolute Gasteiger partial charge is 0.303 e. The molecule has 11 heavy (non-hydrogen) atoms. The van der Waals surface area contributed by atoms with Crippen molar-refractivity contribution in [3.05, 3.63) is 0 Å². The van der Waals surface area contributed by atoms with Crippen molar-refractivity contribution < 1.29 is 0 Å². The number of hydrogen-bond acceptors (Lipinski definition) is 1. The van der Waals surface area contributed by atoms with Crippen molar-refractivity contribution in [2.24, 2.45) is 5.41 Å². The summed E-state index contributed by atoms with van der Waals surface area (Å²) in [4.78, 5) is 2.58. The van der Waals surface area contributed by atoms with E-state index >= 15 is 0 Å². The van der Waals surface area contributed by atoms with Crippen LogP contribution in [-0.2, 0) is 0 Å². The summed E-state index contributed by atoms with van der Waals surface area (Å²) < 4.78 is 0. The zero-order valence-corrected chi connectivity index (χ0v) is 7.74. The van der Waals surface area contributed by atoms with Crippen LogP contribution in [0.25, 0.3) is 0 Å². The Labute approximate surface area is 73.7 Å². The smallest absolute Gasteiger partial charge is 0.0292 e. The Balaban J connectivity index is 1.80. The van der Waals surface area contributed by atoms with Crippen molar-refractivity contribution in [1.29, 1.82) is 0 Å². The molecule has 0 aromatic heterocycles. The molecule has 0 bridgehead atoms. The third kappa shape index (κ3) is 1.70. The molecule has 0 unspecified atom stereocenters. The third-order valence-electron chi connectivity index (χ3n) is 3.00. The van der Waals surface area contributed by atoms with Gasteiger partial charge in [-0.1, -0.05) is 0 Å². The SMILES string of the molecule is ClCC1(CN2CCCC2)CC1. The minimum absolute atomic E-state index is 0.548. The van der Waals surface area contributed by atoms with Gasteiger partial charge in [-0.2, -0.15) is 0 Å². The summed E-state index contributed by atoms with van der Waals surface area (Å²) in [6.45, 7) is 3.91. The number of nitrogens with zero attached hydrogens (tertiary/aromatic N) is 1. The Hall–Kier alpha value is 0.250. The highest BCUT2D eigenvalue weighted by Gasteiger charge is 2.43. The summed E-state index contributed by atoms with van der Waals surface area (Å²) in [7, 11) is 0. The first-order valence-electron chi connectivity index (χ1n) is 4.63. The Kier molecular flexibility index (Phi) is 2.11. The van der Waals surface area contributed by atoms with Crippen molar-refractivity contribution in [3.63, 3.8) is 0 Å². The second kappa shape index (κ2) is 2.95. The summed E-state index contributed by atoms with van der Waals surface area (Å²) in [5, 5.41) is 0. The minimum Gasteiger partial charge on any atom is -0.303 e. The van der Waals surface area contributed by atoms with Crippen LogP contribution in [0.1, 0.15) is 25.7 Å². The molecule has 0 spiro atoms. The highest BCUT2D eigenvalue weighted by molar-refractivity contribution is 6.18. The molecule has 2 aliphatic rings. The molecule has 1 saturated carbocycles. The molecule has 0 N–H and O–H groups in total. The second-order valence-electron chi connectivity index (χ2n) is 4.12. The lowest BCUT2D eigenvalue weighted by atomic mass is 10.1. The molecule has 2 heteroatoms. The van der Waals surface area contributed by atoms with Gasteiger partial charge in [0.1, 0.15) is 0 Å². The quantitative estimate of drug-likeness (QED) is 0.591. The summed E-state index contributed by atoms with van der Waals surface area (Å²) in [6, 6.07) is 0. The fraction of sp³-hybridized carbons (Fsp3) is 1.00. The summed E-state index contributed by atoms with van der Waals surface area (Å²) in [5.74, 6) is 0.878. The number of halogens is 1. The van der Waals surface area contributed by atoms with Crippen LogP contribution in [0.15, 0.2) is 0 Å². The monoisotopic (exact) mass is 173 g/mol. The maximum atomic E-state index is 5.91. The number of rotatable bonds is 3. The maximum Gasteiger partial charge on any atom is 0.0292 e. The average molecular weight is 174 g/mol. The minimum atomic E-state index is 0.548. The molecule has 2 fully saturated rings. The first-order valence-corrected chi connectivity index (χ1v) is 5.16. The van der Waals surface area contributed by atoms with E-state index in [1.165, 1.54) is 45.3 Å². The van der Waals surface area contributed by atoms with Crippen molar-refractivity contribution in [2.45, 2.75) is 25.7 Å². The summed E-state index contributed by atoms with van der Waals surface area (Å²) in [5.41, 5.74) is 0.548. The molecule has 1 nitrogen and oxygen atoms in total. The van der Waals surface area contributed by atoms with Gasteiger partial charge in [0.05, 0.1) is 0 Å². The predicted octanol–water partition coefficient (Wildman–Crippen LogP) is 2.10. The van der Waals surface area contributed by atoms with Gasteiger partial charge in [-0.15, -0.1) is 11.6 Å². The van der Waals surface area contributed by atoms with Crippen LogP contribution in [0.3, 0.4) is 0 Å². The van der Waals surface area contributed by atoms with Crippen molar-refractivity contribution in [1.82, 2.24) is 4.90 Å². The van der Waals surface area contributed by atoms with Crippen molar-refractivity contribution in [2.75, 3.05) is 25.5 Å². The Morgan fingerprint density at radius 1 is 1.18 bits per heavy atom. The lowest BCUT2D eigenvalue weighted by Gasteiger charge is -2.20.